The molecule has 0 spiro atoms. The number of benzene rings is 3. The lowest BCUT2D eigenvalue weighted by Crippen LogP contribution is -2.31. The van der Waals surface area contributed by atoms with Crippen LogP contribution in [0, 0.1) is 0 Å². The summed E-state index contributed by atoms with van der Waals surface area (Å²) in [5.74, 6) is -1.44. The second-order valence-corrected chi connectivity index (χ2v) is 7.28. The Kier molecular flexibility index (Phi) is 6.69. The molecule has 30 heavy (non-hydrogen) atoms. The Morgan fingerprint density at radius 2 is 1.63 bits per heavy atom. The number of carbonyl (C=O) groups is 3. The fourth-order valence-electron chi connectivity index (χ4n) is 3.03. The molecule has 154 valence electrons. The number of nitrogens with one attached hydrogen (secondary N) is 2. The van der Waals surface area contributed by atoms with Crippen molar-refractivity contribution in [3.63, 3.8) is 0 Å². The molecule has 3 rings (SSSR count). The summed E-state index contributed by atoms with van der Waals surface area (Å²) in [7, 11) is 0. The molecular weight excluding hydrogens is 404 g/mol. The molecule has 1 atom stereocenters. The molecule has 0 heterocycles. The van der Waals surface area contributed by atoms with Crippen molar-refractivity contribution < 1.29 is 19.1 Å². The van der Waals surface area contributed by atoms with Crippen molar-refractivity contribution in [3.05, 3.63) is 76.8 Å². The number of carbonyl (C=O) groups excluding carboxylic acids is 3. The molecular formula is C23H21ClN2O4. The zero-order valence-corrected chi connectivity index (χ0v) is 17.3. The van der Waals surface area contributed by atoms with Crippen LogP contribution in [0.2, 0.25) is 5.02 Å². The fourth-order valence-corrected chi connectivity index (χ4v) is 3.16. The van der Waals surface area contributed by atoms with Crippen molar-refractivity contribution in [2.24, 2.45) is 0 Å². The molecule has 0 fully saturated rings. The van der Waals surface area contributed by atoms with E-state index in [1.165, 1.54) is 6.92 Å². The minimum Gasteiger partial charge on any atom is -0.452 e. The molecule has 6 nitrogen and oxygen atoms in total. The number of hydrogen-bond donors (Lipinski definition) is 2. The first kappa shape index (κ1) is 21.3. The molecule has 3 aromatic rings. The third-order valence-corrected chi connectivity index (χ3v) is 4.75. The van der Waals surface area contributed by atoms with Crippen LogP contribution in [0.4, 0.5) is 5.69 Å². The Morgan fingerprint density at radius 1 is 1.00 bits per heavy atom. The average Bonchev–Trinajstić information content (AvgIpc) is 2.71. The van der Waals surface area contributed by atoms with Gasteiger partial charge in [0.05, 0.1) is 17.3 Å². The van der Waals surface area contributed by atoms with Crippen molar-refractivity contribution in [3.8, 4) is 0 Å². The molecule has 0 aliphatic rings. The molecule has 0 saturated heterocycles. The Bertz CT molecular complexity index is 1100. The lowest BCUT2D eigenvalue weighted by molar-refractivity contribution is -0.124. The second kappa shape index (κ2) is 9.41. The van der Waals surface area contributed by atoms with Gasteiger partial charge in [-0.25, -0.2) is 4.79 Å². The number of anilines is 1. The smallest absolute Gasteiger partial charge is 0.340 e. The predicted molar refractivity (Wildman–Crippen MR) is 117 cm³/mol. The predicted octanol–water partition coefficient (Wildman–Crippen LogP) is 4.49. The van der Waals surface area contributed by atoms with E-state index in [9.17, 15) is 14.4 Å². The summed E-state index contributed by atoms with van der Waals surface area (Å²) in [5.41, 5.74) is 1.39. The van der Waals surface area contributed by atoms with E-state index in [4.69, 9.17) is 16.3 Å². The van der Waals surface area contributed by atoms with E-state index in [1.807, 2.05) is 43.3 Å². The number of halogens is 1. The monoisotopic (exact) mass is 424 g/mol. The highest BCUT2D eigenvalue weighted by Crippen LogP contribution is 2.25. The number of esters is 1. The van der Waals surface area contributed by atoms with Crippen LogP contribution in [0.25, 0.3) is 10.8 Å². The van der Waals surface area contributed by atoms with Crippen LogP contribution in [-0.2, 0) is 14.3 Å². The van der Waals surface area contributed by atoms with Gasteiger partial charge in [-0.2, -0.15) is 0 Å². The summed E-state index contributed by atoms with van der Waals surface area (Å²) in [6, 6.07) is 17.6. The Morgan fingerprint density at radius 3 is 2.27 bits per heavy atom. The van der Waals surface area contributed by atoms with Gasteiger partial charge in [0.25, 0.3) is 5.91 Å². The van der Waals surface area contributed by atoms with Crippen molar-refractivity contribution in [2.45, 2.75) is 19.9 Å². The quantitative estimate of drug-likeness (QED) is 0.571. The maximum Gasteiger partial charge on any atom is 0.340 e. The SMILES string of the molecule is CC(=O)Nc1cc2ccccc2cc1C(=O)OCC(=O)NC(C)c1ccc(Cl)cc1. The zero-order valence-electron chi connectivity index (χ0n) is 16.6. The molecule has 0 aliphatic carbocycles. The van der Waals surface area contributed by atoms with Gasteiger partial charge in [-0.15, -0.1) is 0 Å². The van der Waals surface area contributed by atoms with E-state index < -0.39 is 18.5 Å². The molecule has 0 aromatic heterocycles. The maximum atomic E-state index is 12.6. The number of hydrogen-bond acceptors (Lipinski definition) is 4. The number of rotatable bonds is 6. The van der Waals surface area contributed by atoms with Crippen LogP contribution < -0.4 is 10.6 Å². The van der Waals surface area contributed by atoms with Gasteiger partial charge >= 0.3 is 5.97 Å². The van der Waals surface area contributed by atoms with Crippen molar-refractivity contribution in [1.29, 1.82) is 0 Å². The molecule has 0 radical (unpaired) electrons. The van der Waals surface area contributed by atoms with Crippen molar-refractivity contribution in [1.82, 2.24) is 5.32 Å². The molecule has 0 bridgehead atoms. The largest absolute Gasteiger partial charge is 0.452 e. The number of fused-ring (bicyclic) bond motifs is 1. The highest BCUT2D eigenvalue weighted by Gasteiger charge is 2.18. The first-order chi connectivity index (χ1) is 14.3. The van der Waals surface area contributed by atoms with Gasteiger partial charge in [0, 0.05) is 11.9 Å². The van der Waals surface area contributed by atoms with Crippen LogP contribution in [0.5, 0.6) is 0 Å². The first-order valence-corrected chi connectivity index (χ1v) is 9.73. The van der Waals surface area contributed by atoms with E-state index in [0.717, 1.165) is 16.3 Å². The van der Waals surface area contributed by atoms with E-state index in [1.54, 1.807) is 24.3 Å². The molecule has 1 unspecified atom stereocenters. The summed E-state index contributed by atoms with van der Waals surface area (Å²) in [4.78, 5) is 36.4. The number of ether oxygens (including phenoxy) is 1. The zero-order chi connectivity index (χ0) is 21.7. The average molecular weight is 425 g/mol. The Labute approximate surface area is 179 Å². The van der Waals surface area contributed by atoms with E-state index in [2.05, 4.69) is 10.6 Å². The maximum absolute atomic E-state index is 12.6. The Balaban J connectivity index is 1.69. The van der Waals surface area contributed by atoms with Crippen LogP contribution in [0.3, 0.4) is 0 Å². The highest BCUT2D eigenvalue weighted by atomic mass is 35.5. The van der Waals surface area contributed by atoms with Crippen LogP contribution >= 0.6 is 11.6 Å². The van der Waals surface area contributed by atoms with E-state index in [-0.39, 0.29) is 17.5 Å². The van der Waals surface area contributed by atoms with Gasteiger partial charge in [-0.3, -0.25) is 9.59 Å². The molecule has 3 aromatic carbocycles. The lowest BCUT2D eigenvalue weighted by atomic mass is 10.0. The molecule has 2 amide bonds. The standard InChI is InChI=1S/C23H21ClN2O4/c1-14(16-7-9-19(24)10-8-16)25-22(28)13-30-23(29)20-11-17-5-3-4-6-18(17)12-21(20)26-15(2)27/h3-12,14H,13H2,1-2H3,(H,25,28)(H,26,27). The minimum absolute atomic E-state index is 0.183. The van der Waals surface area contributed by atoms with Crippen LogP contribution in [0.1, 0.15) is 35.8 Å². The van der Waals surface area contributed by atoms with Gasteiger partial charge in [0.15, 0.2) is 6.61 Å². The third-order valence-electron chi connectivity index (χ3n) is 4.50. The van der Waals surface area contributed by atoms with Gasteiger partial charge in [-0.1, -0.05) is 48.0 Å². The second-order valence-electron chi connectivity index (χ2n) is 6.84. The van der Waals surface area contributed by atoms with Crippen molar-refractivity contribution >= 4 is 45.8 Å². The van der Waals surface area contributed by atoms with Gasteiger partial charge in [0.1, 0.15) is 0 Å². The Hall–Kier alpha value is -3.38. The normalized spacial score (nSPS) is 11.6. The van der Waals surface area contributed by atoms with E-state index in [0.29, 0.717) is 10.7 Å². The minimum atomic E-state index is -0.696. The molecule has 0 saturated carbocycles. The molecule has 7 heteroatoms. The van der Waals surface area contributed by atoms with Gasteiger partial charge in [-0.05, 0) is 47.5 Å². The summed E-state index contributed by atoms with van der Waals surface area (Å²) in [6.45, 7) is 2.74. The fraction of sp³-hybridized carbons (Fsp3) is 0.174. The van der Waals surface area contributed by atoms with Gasteiger partial charge < -0.3 is 15.4 Å². The molecule has 2 N–H and O–H groups in total. The molecule has 0 aliphatic heterocycles. The first-order valence-electron chi connectivity index (χ1n) is 9.36. The summed E-state index contributed by atoms with van der Waals surface area (Å²) in [5, 5.41) is 7.71. The third kappa shape index (κ3) is 5.36. The summed E-state index contributed by atoms with van der Waals surface area (Å²) in [6.07, 6.45) is 0. The van der Waals surface area contributed by atoms with Crippen LogP contribution in [-0.4, -0.2) is 24.4 Å². The van der Waals surface area contributed by atoms with Gasteiger partial charge in [0.2, 0.25) is 5.91 Å². The summed E-state index contributed by atoms with van der Waals surface area (Å²) < 4.78 is 5.19. The van der Waals surface area contributed by atoms with Crippen LogP contribution in [0.15, 0.2) is 60.7 Å². The summed E-state index contributed by atoms with van der Waals surface area (Å²) >= 11 is 5.87. The topological polar surface area (TPSA) is 84.5 Å². The van der Waals surface area contributed by atoms with Crippen molar-refractivity contribution in [2.75, 3.05) is 11.9 Å². The van der Waals surface area contributed by atoms with E-state index >= 15 is 0 Å². The highest BCUT2D eigenvalue weighted by molar-refractivity contribution is 6.30. The lowest BCUT2D eigenvalue weighted by Gasteiger charge is -2.15. The number of amides is 2.